The summed E-state index contributed by atoms with van der Waals surface area (Å²) in [6.45, 7) is 5.69. The largest absolute Gasteiger partial charge is 0.456 e. The number of amides is 2. The van der Waals surface area contributed by atoms with Crippen LogP contribution < -0.4 is 10.6 Å². The molecule has 2 aromatic rings. The lowest BCUT2D eigenvalue weighted by atomic mass is 10.0. The summed E-state index contributed by atoms with van der Waals surface area (Å²) in [4.78, 5) is 56.3. The summed E-state index contributed by atoms with van der Waals surface area (Å²) in [6.07, 6.45) is 9.24. The SMILES string of the molecule is CCCCCCCC(=O)SCC/C=C/[C@@H]1CC(=O)NCc2nc(cs2)-c2nnn(n2)CC(=O)N[C@@H](C(C)C)C(=O)O1. The highest BCUT2D eigenvalue weighted by Gasteiger charge is 2.29. The van der Waals surface area contributed by atoms with Crippen molar-refractivity contribution in [2.24, 2.45) is 5.92 Å². The molecule has 2 atom stereocenters. The predicted molar refractivity (Wildman–Crippen MR) is 157 cm³/mol. The fourth-order valence-electron chi connectivity index (χ4n) is 3.99. The molecule has 3 rings (SSSR count). The Morgan fingerprint density at radius 3 is 2.80 bits per heavy atom. The molecule has 0 aromatic carbocycles. The molecule has 2 N–H and O–H groups in total. The van der Waals surface area contributed by atoms with Gasteiger partial charge in [-0.15, -0.1) is 21.5 Å². The molecule has 224 valence electrons. The van der Waals surface area contributed by atoms with E-state index in [1.54, 1.807) is 25.3 Å². The van der Waals surface area contributed by atoms with Crippen molar-refractivity contribution in [2.45, 2.75) is 97.4 Å². The first-order chi connectivity index (χ1) is 19.7. The van der Waals surface area contributed by atoms with Crippen LogP contribution in [0.15, 0.2) is 17.5 Å². The second kappa shape index (κ2) is 17.0. The van der Waals surface area contributed by atoms with Gasteiger partial charge in [0.15, 0.2) is 5.12 Å². The van der Waals surface area contributed by atoms with Gasteiger partial charge in [0, 0.05) is 17.6 Å². The first-order valence-electron chi connectivity index (χ1n) is 14.1. The van der Waals surface area contributed by atoms with Crippen LogP contribution in [0.1, 0.15) is 77.1 Å². The van der Waals surface area contributed by atoms with Gasteiger partial charge >= 0.3 is 5.97 Å². The number of nitrogens with one attached hydrogen (secondary N) is 2. The zero-order valence-corrected chi connectivity index (χ0v) is 25.5. The second-order valence-electron chi connectivity index (χ2n) is 10.1. The third-order valence-corrected chi connectivity index (χ3v) is 8.04. The summed E-state index contributed by atoms with van der Waals surface area (Å²) < 4.78 is 5.70. The van der Waals surface area contributed by atoms with Crippen molar-refractivity contribution < 1.29 is 23.9 Å². The van der Waals surface area contributed by atoms with E-state index in [1.165, 1.54) is 35.9 Å². The fourth-order valence-corrected chi connectivity index (χ4v) is 5.47. The minimum atomic E-state index is -0.939. The van der Waals surface area contributed by atoms with Crippen LogP contribution in [0.4, 0.5) is 0 Å². The number of cyclic esters (lactones) is 1. The number of aromatic nitrogens is 5. The summed E-state index contributed by atoms with van der Waals surface area (Å²) in [5, 5.41) is 20.1. The lowest BCUT2D eigenvalue weighted by Gasteiger charge is -2.23. The number of unbranched alkanes of at least 4 members (excludes halogenated alkanes) is 4. The van der Waals surface area contributed by atoms with Crippen LogP contribution in [0.5, 0.6) is 0 Å². The number of ether oxygens (including phenoxy) is 1. The van der Waals surface area contributed by atoms with Crippen LogP contribution >= 0.6 is 23.1 Å². The van der Waals surface area contributed by atoms with Crippen LogP contribution in [0.3, 0.4) is 0 Å². The van der Waals surface area contributed by atoms with Crippen LogP contribution in [0.25, 0.3) is 11.5 Å². The van der Waals surface area contributed by atoms with E-state index in [-0.39, 0.29) is 42.3 Å². The Labute approximate surface area is 248 Å². The van der Waals surface area contributed by atoms with Crippen LogP contribution in [-0.4, -0.2) is 66.0 Å². The number of fused-ring (bicyclic) bond motifs is 5. The number of allylic oxidation sites excluding steroid dienone is 1. The average molecular weight is 606 g/mol. The highest BCUT2D eigenvalue weighted by molar-refractivity contribution is 8.13. The number of thioether (sulfide) groups is 1. The van der Waals surface area contributed by atoms with Gasteiger partial charge in [-0.3, -0.25) is 14.4 Å². The number of thiazole rings is 1. The summed E-state index contributed by atoms with van der Waals surface area (Å²) in [7, 11) is 0. The molecule has 3 heterocycles. The highest BCUT2D eigenvalue weighted by Crippen LogP contribution is 2.18. The van der Waals surface area contributed by atoms with Gasteiger partial charge in [-0.05, 0) is 30.0 Å². The van der Waals surface area contributed by atoms with Gasteiger partial charge in [-0.1, -0.05) is 64.3 Å². The number of tetrazole rings is 1. The Bertz CT molecular complexity index is 1200. The van der Waals surface area contributed by atoms with E-state index in [2.05, 4.69) is 38.0 Å². The third kappa shape index (κ3) is 11.3. The van der Waals surface area contributed by atoms with Crippen molar-refractivity contribution in [3.05, 3.63) is 22.5 Å². The maximum absolute atomic E-state index is 13.1. The van der Waals surface area contributed by atoms with Crippen molar-refractivity contribution in [3.8, 4) is 11.5 Å². The van der Waals surface area contributed by atoms with Crippen molar-refractivity contribution in [3.63, 3.8) is 0 Å². The predicted octanol–water partition coefficient (Wildman–Crippen LogP) is 3.44. The molecule has 2 aromatic heterocycles. The molecular formula is C27H39N7O5S2. The van der Waals surface area contributed by atoms with Crippen molar-refractivity contribution >= 4 is 46.0 Å². The molecular weight excluding hydrogens is 566 g/mol. The molecule has 1 aliphatic heterocycles. The molecule has 14 heteroatoms. The van der Waals surface area contributed by atoms with Crippen molar-refractivity contribution in [1.82, 2.24) is 35.8 Å². The van der Waals surface area contributed by atoms with Gasteiger partial charge in [0.25, 0.3) is 0 Å². The molecule has 0 spiro atoms. The summed E-state index contributed by atoms with van der Waals surface area (Å²) in [5.41, 5.74) is 0.488. The van der Waals surface area contributed by atoms with Crippen LogP contribution in [-0.2, 0) is 37.0 Å². The zero-order chi connectivity index (χ0) is 29.6. The van der Waals surface area contributed by atoms with E-state index in [1.807, 2.05) is 6.08 Å². The minimum Gasteiger partial charge on any atom is -0.456 e. The van der Waals surface area contributed by atoms with Crippen LogP contribution in [0.2, 0.25) is 0 Å². The number of carbonyl (C=O) groups excluding carboxylic acids is 4. The minimum absolute atomic E-state index is 0.0994. The van der Waals surface area contributed by atoms with Crippen molar-refractivity contribution in [2.75, 3.05) is 5.75 Å². The van der Waals surface area contributed by atoms with Gasteiger partial charge < -0.3 is 15.4 Å². The first kappa shape index (κ1) is 32.4. The Balaban J connectivity index is 1.63. The molecule has 41 heavy (non-hydrogen) atoms. The average Bonchev–Trinajstić information content (AvgIpc) is 3.59. The Morgan fingerprint density at radius 1 is 1.22 bits per heavy atom. The smallest absolute Gasteiger partial charge is 0.329 e. The summed E-state index contributed by atoms with van der Waals surface area (Å²) in [5.74, 6) is -0.868. The van der Waals surface area contributed by atoms with E-state index in [0.29, 0.717) is 29.3 Å². The lowest BCUT2D eigenvalue weighted by molar-refractivity contribution is -0.153. The maximum Gasteiger partial charge on any atom is 0.329 e. The lowest BCUT2D eigenvalue weighted by Crippen LogP contribution is -2.47. The zero-order valence-electron chi connectivity index (χ0n) is 23.8. The van der Waals surface area contributed by atoms with Crippen molar-refractivity contribution in [1.29, 1.82) is 0 Å². The second-order valence-corrected chi connectivity index (χ2v) is 12.2. The van der Waals surface area contributed by atoms with E-state index in [4.69, 9.17) is 4.74 Å². The summed E-state index contributed by atoms with van der Waals surface area (Å²) in [6, 6.07) is -0.939. The molecule has 0 unspecified atom stereocenters. The standard InChI is InChI=1S/C27H39N7O5S2/c1-4-5-6-7-8-12-24(37)40-13-10-9-11-19-14-21(35)28-15-23-29-20(17-41-23)26-31-33-34(32-26)16-22(36)30-25(18(2)3)27(38)39-19/h9,11,17-19,25H,4-8,10,12-16H2,1-3H3,(H,28,35)(H,30,36)/b11-9+/t19-,25+/m1/s1. The molecule has 12 nitrogen and oxygen atoms in total. The molecule has 2 amide bonds. The Kier molecular flexibility index (Phi) is 13.4. The van der Waals surface area contributed by atoms with E-state index < -0.39 is 24.0 Å². The maximum atomic E-state index is 13.1. The summed E-state index contributed by atoms with van der Waals surface area (Å²) >= 11 is 2.63. The Hall–Kier alpha value is -3.13. The molecule has 0 saturated carbocycles. The fraction of sp³-hybridized carbons (Fsp3) is 0.630. The Morgan fingerprint density at radius 2 is 2.02 bits per heavy atom. The molecule has 4 bridgehead atoms. The van der Waals surface area contributed by atoms with Gasteiger partial charge in [-0.2, -0.15) is 4.80 Å². The van der Waals surface area contributed by atoms with Crippen LogP contribution in [0, 0.1) is 5.92 Å². The van der Waals surface area contributed by atoms with Gasteiger partial charge in [-0.25, -0.2) is 9.78 Å². The van der Waals surface area contributed by atoms with E-state index in [0.717, 1.165) is 24.1 Å². The molecule has 0 radical (unpaired) electrons. The topological polar surface area (TPSA) is 158 Å². The number of hydrogen-bond acceptors (Lipinski definition) is 11. The van der Waals surface area contributed by atoms with Gasteiger partial charge in [0.05, 0.1) is 13.0 Å². The monoisotopic (exact) mass is 605 g/mol. The number of esters is 1. The van der Waals surface area contributed by atoms with E-state index in [9.17, 15) is 19.2 Å². The molecule has 0 fully saturated rings. The number of hydrogen-bond donors (Lipinski definition) is 2. The molecule has 1 aliphatic rings. The number of carbonyl (C=O) groups is 4. The number of rotatable bonds is 11. The van der Waals surface area contributed by atoms with Gasteiger partial charge in [0.2, 0.25) is 17.6 Å². The first-order valence-corrected chi connectivity index (χ1v) is 15.9. The highest BCUT2D eigenvalue weighted by atomic mass is 32.2. The molecule has 0 saturated heterocycles. The van der Waals surface area contributed by atoms with Gasteiger partial charge in [0.1, 0.15) is 29.4 Å². The normalized spacial score (nSPS) is 18.7. The molecule has 0 aliphatic carbocycles. The quantitative estimate of drug-likeness (QED) is 0.221. The third-order valence-electron chi connectivity index (χ3n) is 6.23. The number of nitrogens with zero attached hydrogens (tertiary/aromatic N) is 5. The van der Waals surface area contributed by atoms with E-state index >= 15 is 0 Å².